The van der Waals surface area contributed by atoms with Crippen LogP contribution in [0.2, 0.25) is 0 Å². The van der Waals surface area contributed by atoms with E-state index in [1.165, 1.54) is 12.5 Å². The van der Waals surface area contributed by atoms with E-state index >= 15 is 0 Å². The number of nitrogens with zero attached hydrogens (tertiary/aromatic N) is 2. The Kier molecular flexibility index (Phi) is 4.26. The fourth-order valence-corrected chi connectivity index (χ4v) is 2.77. The zero-order valence-corrected chi connectivity index (χ0v) is 13.8. The van der Waals surface area contributed by atoms with Gasteiger partial charge in [-0.05, 0) is 40.6 Å². The molecule has 1 aromatic heterocycles. The normalized spacial score (nSPS) is 11.1. The maximum absolute atomic E-state index is 12.3. The zero-order chi connectivity index (χ0) is 17.8. The molecule has 0 radical (unpaired) electrons. The molecule has 0 aliphatic heterocycles. The molecule has 1 N–H and O–H groups in total. The van der Waals surface area contributed by atoms with Gasteiger partial charge >= 0.3 is 0 Å². The van der Waals surface area contributed by atoms with Gasteiger partial charge in [0.2, 0.25) is 18.2 Å². The minimum absolute atomic E-state index is 0.208. The summed E-state index contributed by atoms with van der Waals surface area (Å²) in [5.41, 5.74) is 2.41. The Hall–Kier alpha value is -3.73. The van der Waals surface area contributed by atoms with Crippen molar-refractivity contribution in [1.29, 1.82) is 0 Å². The topological polar surface area (TPSA) is 68.0 Å². The zero-order valence-electron chi connectivity index (χ0n) is 13.8. The standard InChI is InChI=1S/C21H15N3O2/c25-20(12-11-16-7-3-6-15-5-1-2-10-19(15)16)23-18-9-4-8-17(13-18)21-24-22-14-26-21/h1-14H,(H,23,25)/b12-11+. The molecule has 0 spiro atoms. The van der Waals surface area contributed by atoms with Crippen molar-refractivity contribution in [1.82, 2.24) is 10.2 Å². The van der Waals surface area contributed by atoms with E-state index in [-0.39, 0.29) is 5.91 Å². The summed E-state index contributed by atoms with van der Waals surface area (Å²) >= 11 is 0. The van der Waals surface area contributed by atoms with E-state index in [2.05, 4.69) is 27.6 Å². The molecule has 1 amide bonds. The van der Waals surface area contributed by atoms with Gasteiger partial charge in [0.05, 0.1) is 0 Å². The van der Waals surface area contributed by atoms with Gasteiger partial charge in [0.1, 0.15) is 0 Å². The third-order valence-electron chi connectivity index (χ3n) is 3.97. The number of rotatable bonds is 4. The Bertz CT molecular complexity index is 1080. The second-order valence-corrected chi connectivity index (χ2v) is 5.72. The van der Waals surface area contributed by atoms with Gasteiger partial charge in [-0.25, -0.2) is 0 Å². The van der Waals surface area contributed by atoms with Gasteiger partial charge < -0.3 is 9.73 Å². The molecule has 0 unspecified atom stereocenters. The summed E-state index contributed by atoms with van der Waals surface area (Å²) in [6, 6.07) is 21.4. The Morgan fingerprint density at radius 1 is 1.00 bits per heavy atom. The summed E-state index contributed by atoms with van der Waals surface area (Å²) in [5, 5.41) is 12.6. The minimum atomic E-state index is -0.208. The van der Waals surface area contributed by atoms with E-state index in [9.17, 15) is 4.79 Å². The number of fused-ring (bicyclic) bond motifs is 1. The van der Waals surface area contributed by atoms with Gasteiger partial charge in [-0.15, -0.1) is 10.2 Å². The van der Waals surface area contributed by atoms with Crippen LogP contribution in [-0.4, -0.2) is 16.1 Å². The summed E-state index contributed by atoms with van der Waals surface area (Å²) in [4.78, 5) is 12.3. The molecule has 0 saturated carbocycles. The van der Waals surface area contributed by atoms with Gasteiger partial charge in [0, 0.05) is 17.3 Å². The lowest BCUT2D eigenvalue weighted by molar-refractivity contribution is -0.111. The van der Waals surface area contributed by atoms with Crippen LogP contribution in [0.5, 0.6) is 0 Å². The van der Waals surface area contributed by atoms with Crippen molar-refractivity contribution in [3.63, 3.8) is 0 Å². The first-order valence-electron chi connectivity index (χ1n) is 8.13. The molecule has 0 aliphatic carbocycles. The molecule has 4 rings (SSSR count). The molecule has 3 aromatic carbocycles. The number of carbonyl (C=O) groups excluding carboxylic acids is 1. The largest absolute Gasteiger partial charge is 0.423 e. The van der Waals surface area contributed by atoms with E-state index in [1.54, 1.807) is 6.07 Å². The van der Waals surface area contributed by atoms with Crippen molar-refractivity contribution >= 4 is 28.4 Å². The van der Waals surface area contributed by atoms with E-state index in [4.69, 9.17) is 4.42 Å². The Labute approximate surface area is 150 Å². The molecule has 5 heteroatoms. The average molecular weight is 341 g/mol. The molecular formula is C21H15N3O2. The van der Waals surface area contributed by atoms with Crippen LogP contribution in [0, 0.1) is 0 Å². The van der Waals surface area contributed by atoms with Crippen LogP contribution < -0.4 is 5.32 Å². The Balaban J connectivity index is 1.52. The number of hydrogen-bond acceptors (Lipinski definition) is 4. The predicted molar refractivity (Wildman–Crippen MR) is 101 cm³/mol. The first-order valence-corrected chi connectivity index (χ1v) is 8.13. The van der Waals surface area contributed by atoms with Gasteiger partial charge in [0.15, 0.2) is 0 Å². The molecule has 0 aliphatic rings. The van der Waals surface area contributed by atoms with Gasteiger partial charge in [-0.2, -0.15) is 0 Å². The van der Waals surface area contributed by atoms with Crippen molar-refractivity contribution in [2.24, 2.45) is 0 Å². The molecular weight excluding hydrogens is 326 g/mol. The highest BCUT2D eigenvalue weighted by Crippen LogP contribution is 2.21. The van der Waals surface area contributed by atoms with E-state index in [1.807, 2.05) is 54.6 Å². The fourth-order valence-electron chi connectivity index (χ4n) is 2.77. The number of benzene rings is 3. The summed E-state index contributed by atoms with van der Waals surface area (Å²) in [7, 11) is 0. The summed E-state index contributed by atoms with van der Waals surface area (Å²) in [6.45, 7) is 0. The summed E-state index contributed by atoms with van der Waals surface area (Å²) in [5.74, 6) is 0.202. The van der Waals surface area contributed by atoms with Crippen molar-refractivity contribution < 1.29 is 9.21 Å². The lowest BCUT2D eigenvalue weighted by atomic mass is 10.0. The molecule has 126 valence electrons. The van der Waals surface area contributed by atoms with Crippen LogP contribution in [0.15, 0.2) is 83.6 Å². The Morgan fingerprint density at radius 3 is 2.73 bits per heavy atom. The van der Waals surface area contributed by atoms with Gasteiger partial charge in [0.25, 0.3) is 0 Å². The highest BCUT2D eigenvalue weighted by Gasteiger charge is 2.05. The van der Waals surface area contributed by atoms with Crippen LogP contribution in [0.25, 0.3) is 28.3 Å². The number of anilines is 1. The average Bonchev–Trinajstić information content (AvgIpc) is 3.21. The first kappa shape index (κ1) is 15.8. The molecule has 1 heterocycles. The molecule has 5 nitrogen and oxygen atoms in total. The first-order chi connectivity index (χ1) is 12.8. The van der Waals surface area contributed by atoms with Crippen LogP contribution in [-0.2, 0) is 4.79 Å². The highest BCUT2D eigenvalue weighted by atomic mass is 16.4. The second-order valence-electron chi connectivity index (χ2n) is 5.72. The smallest absolute Gasteiger partial charge is 0.248 e. The second kappa shape index (κ2) is 7.03. The lowest BCUT2D eigenvalue weighted by Gasteiger charge is -2.04. The number of nitrogens with one attached hydrogen (secondary N) is 1. The monoisotopic (exact) mass is 341 g/mol. The maximum atomic E-state index is 12.3. The van der Waals surface area contributed by atoms with Gasteiger partial charge in [-0.1, -0.05) is 48.5 Å². The predicted octanol–water partition coefficient (Wildman–Crippen LogP) is 4.54. The highest BCUT2D eigenvalue weighted by molar-refractivity contribution is 6.03. The summed E-state index contributed by atoms with van der Waals surface area (Å²) in [6.07, 6.45) is 4.62. The minimum Gasteiger partial charge on any atom is -0.423 e. The van der Waals surface area contributed by atoms with Crippen molar-refractivity contribution in [3.8, 4) is 11.5 Å². The van der Waals surface area contributed by atoms with Crippen LogP contribution in [0.4, 0.5) is 5.69 Å². The lowest BCUT2D eigenvalue weighted by Crippen LogP contribution is -2.07. The fraction of sp³-hybridized carbons (Fsp3) is 0. The molecule has 0 saturated heterocycles. The Morgan fingerprint density at radius 2 is 1.85 bits per heavy atom. The molecule has 4 aromatic rings. The van der Waals surface area contributed by atoms with E-state index < -0.39 is 0 Å². The maximum Gasteiger partial charge on any atom is 0.248 e. The van der Waals surface area contributed by atoms with Crippen molar-refractivity contribution in [2.75, 3.05) is 5.32 Å². The molecule has 0 fully saturated rings. The van der Waals surface area contributed by atoms with Crippen LogP contribution >= 0.6 is 0 Å². The third kappa shape index (κ3) is 3.37. The molecule has 26 heavy (non-hydrogen) atoms. The van der Waals surface area contributed by atoms with E-state index in [0.29, 0.717) is 11.6 Å². The molecule has 0 atom stereocenters. The molecule has 0 bridgehead atoms. The SMILES string of the molecule is O=C(/C=C/c1cccc2ccccc12)Nc1cccc(-c2nnco2)c1. The van der Waals surface area contributed by atoms with Crippen molar-refractivity contribution in [3.05, 3.63) is 84.8 Å². The number of amides is 1. The third-order valence-corrected chi connectivity index (χ3v) is 3.97. The number of carbonyl (C=O) groups is 1. The number of aromatic nitrogens is 2. The summed E-state index contributed by atoms with van der Waals surface area (Å²) < 4.78 is 5.18. The van der Waals surface area contributed by atoms with Crippen LogP contribution in [0.1, 0.15) is 5.56 Å². The van der Waals surface area contributed by atoms with Crippen molar-refractivity contribution in [2.45, 2.75) is 0 Å². The van der Waals surface area contributed by atoms with Crippen LogP contribution in [0.3, 0.4) is 0 Å². The van der Waals surface area contributed by atoms with Gasteiger partial charge in [-0.3, -0.25) is 4.79 Å². The quantitative estimate of drug-likeness (QED) is 0.553. The van der Waals surface area contributed by atoms with E-state index in [0.717, 1.165) is 21.9 Å². The number of hydrogen-bond donors (Lipinski definition) is 1.